The summed E-state index contributed by atoms with van der Waals surface area (Å²) in [6, 6.07) is 25.4. The predicted octanol–water partition coefficient (Wildman–Crippen LogP) is 4.94. The van der Waals surface area contributed by atoms with Crippen LogP contribution in [-0.4, -0.2) is 15.8 Å². The summed E-state index contributed by atoms with van der Waals surface area (Å²) < 4.78 is 16.1. The topological polar surface area (TPSA) is 49.6 Å². The van der Waals surface area contributed by atoms with E-state index in [9.17, 15) is 9.18 Å². The van der Waals surface area contributed by atoms with Gasteiger partial charge < -0.3 is 4.98 Å². The molecule has 0 fully saturated rings. The van der Waals surface area contributed by atoms with E-state index in [0.29, 0.717) is 29.1 Å². The third kappa shape index (κ3) is 3.85. The lowest BCUT2D eigenvalue weighted by atomic mass is 10.0. The zero-order valence-electron chi connectivity index (χ0n) is 16.6. The monoisotopic (exact) mass is 408 g/mol. The van der Waals surface area contributed by atoms with Gasteiger partial charge in [0.15, 0.2) is 24.7 Å². The van der Waals surface area contributed by atoms with Crippen molar-refractivity contribution in [1.82, 2.24) is 9.97 Å². The van der Waals surface area contributed by atoms with Crippen molar-refractivity contribution in [3.63, 3.8) is 0 Å². The SMILES string of the molecule is O=C(c1ccccc1)c1cccc(C[n+]2ccc3nc(-c4ccccc4F)[nH]c3c2)c1. The molecule has 150 valence electrons. The summed E-state index contributed by atoms with van der Waals surface area (Å²) >= 11 is 0. The van der Waals surface area contributed by atoms with Crippen LogP contribution in [0.5, 0.6) is 0 Å². The van der Waals surface area contributed by atoms with Crippen LogP contribution >= 0.6 is 0 Å². The highest BCUT2D eigenvalue weighted by Crippen LogP contribution is 2.22. The van der Waals surface area contributed by atoms with Crippen molar-refractivity contribution in [1.29, 1.82) is 0 Å². The van der Waals surface area contributed by atoms with Gasteiger partial charge in [0, 0.05) is 22.8 Å². The van der Waals surface area contributed by atoms with Gasteiger partial charge in [-0.2, -0.15) is 4.57 Å². The average molecular weight is 408 g/mol. The molecule has 0 aliphatic carbocycles. The zero-order chi connectivity index (χ0) is 21.2. The van der Waals surface area contributed by atoms with E-state index in [4.69, 9.17) is 0 Å². The van der Waals surface area contributed by atoms with Crippen molar-refractivity contribution in [2.45, 2.75) is 6.54 Å². The Morgan fingerprint density at radius 3 is 2.52 bits per heavy atom. The van der Waals surface area contributed by atoms with Crippen LogP contribution in [0.1, 0.15) is 21.5 Å². The molecule has 5 heteroatoms. The van der Waals surface area contributed by atoms with Crippen molar-refractivity contribution < 1.29 is 13.8 Å². The molecular formula is C26H19FN3O+. The Hall–Kier alpha value is -4.12. The molecule has 0 bridgehead atoms. The number of pyridine rings is 1. The summed E-state index contributed by atoms with van der Waals surface area (Å²) in [5, 5.41) is 0. The molecule has 5 aromatic rings. The third-order valence-corrected chi connectivity index (χ3v) is 5.20. The first-order valence-corrected chi connectivity index (χ1v) is 10.00. The number of rotatable bonds is 5. The Kier molecular flexibility index (Phi) is 4.84. The second-order valence-electron chi connectivity index (χ2n) is 7.38. The molecule has 5 rings (SSSR count). The first-order valence-electron chi connectivity index (χ1n) is 10.00. The van der Waals surface area contributed by atoms with Crippen LogP contribution in [0.25, 0.3) is 22.4 Å². The van der Waals surface area contributed by atoms with Gasteiger partial charge in [-0.05, 0) is 18.2 Å². The number of hydrogen-bond donors (Lipinski definition) is 1. The van der Waals surface area contributed by atoms with E-state index in [1.165, 1.54) is 6.07 Å². The molecule has 31 heavy (non-hydrogen) atoms. The molecule has 0 saturated carbocycles. The van der Waals surface area contributed by atoms with Crippen molar-refractivity contribution in [2.75, 3.05) is 0 Å². The fourth-order valence-corrected chi connectivity index (χ4v) is 3.66. The zero-order valence-corrected chi connectivity index (χ0v) is 16.6. The lowest BCUT2D eigenvalue weighted by Gasteiger charge is -2.03. The summed E-state index contributed by atoms with van der Waals surface area (Å²) in [5.74, 6) is 0.196. The van der Waals surface area contributed by atoms with Gasteiger partial charge >= 0.3 is 0 Å². The molecule has 3 aromatic carbocycles. The van der Waals surface area contributed by atoms with Crippen LogP contribution < -0.4 is 4.57 Å². The highest BCUT2D eigenvalue weighted by Gasteiger charge is 2.14. The normalized spacial score (nSPS) is 11.0. The maximum atomic E-state index is 14.1. The average Bonchev–Trinajstić information content (AvgIpc) is 3.23. The highest BCUT2D eigenvalue weighted by atomic mass is 19.1. The number of benzene rings is 3. The van der Waals surface area contributed by atoms with Crippen LogP contribution in [0.4, 0.5) is 4.39 Å². The first-order chi connectivity index (χ1) is 15.2. The standard InChI is InChI=1S/C26H18FN3O/c27-22-12-5-4-11-21(22)26-28-23-13-14-30(17-24(23)29-26)16-18-7-6-10-20(15-18)25(31)19-8-2-1-3-9-19/h1-15,17H,16H2/p+1. The number of fused-ring (bicyclic) bond motifs is 1. The molecule has 4 nitrogen and oxygen atoms in total. The Morgan fingerprint density at radius 2 is 1.68 bits per heavy atom. The smallest absolute Gasteiger partial charge is 0.195 e. The number of aromatic nitrogens is 3. The molecule has 2 heterocycles. The van der Waals surface area contributed by atoms with Crippen LogP contribution in [-0.2, 0) is 6.54 Å². The largest absolute Gasteiger partial charge is 0.333 e. The molecule has 0 atom stereocenters. The van der Waals surface area contributed by atoms with Crippen LogP contribution in [0.2, 0.25) is 0 Å². The van der Waals surface area contributed by atoms with Gasteiger partial charge in [0.2, 0.25) is 0 Å². The summed E-state index contributed by atoms with van der Waals surface area (Å²) in [5.41, 5.74) is 4.37. The molecule has 0 amide bonds. The summed E-state index contributed by atoms with van der Waals surface area (Å²) in [4.78, 5) is 20.5. The molecule has 0 unspecified atom stereocenters. The number of H-pyrrole nitrogens is 1. The van der Waals surface area contributed by atoms with Gasteiger partial charge in [0.25, 0.3) is 0 Å². The number of hydrogen-bond acceptors (Lipinski definition) is 2. The first kappa shape index (κ1) is 18.9. The van der Waals surface area contributed by atoms with E-state index in [0.717, 1.165) is 16.6 Å². The van der Waals surface area contributed by atoms with Crippen molar-refractivity contribution in [3.8, 4) is 11.4 Å². The molecule has 0 spiro atoms. The lowest BCUT2D eigenvalue weighted by molar-refractivity contribution is -0.687. The quantitative estimate of drug-likeness (QED) is 0.331. The molecule has 0 aliphatic heterocycles. The maximum Gasteiger partial charge on any atom is 0.195 e. The van der Waals surface area contributed by atoms with Gasteiger partial charge in [0.1, 0.15) is 22.7 Å². The number of aromatic amines is 1. The van der Waals surface area contributed by atoms with Crippen LogP contribution in [0.15, 0.2) is 97.3 Å². The number of carbonyl (C=O) groups excluding carboxylic acids is 1. The number of nitrogens with one attached hydrogen (secondary N) is 1. The summed E-state index contributed by atoms with van der Waals surface area (Å²) in [6.07, 6.45) is 3.87. The minimum Gasteiger partial charge on any atom is -0.333 e. The fraction of sp³-hybridized carbons (Fsp3) is 0.0385. The molecule has 0 radical (unpaired) electrons. The molecule has 1 N–H and O–H groups in total. The number of nitrogens with zero attached hydrogens (tertiary/aromatic N) is 2. The highest BCUT2D eigenvalue weighted by molar-refractivity contribution is 6.09. The Balaban J connectivity index is 1.42. The third-order valence-electron chi connectivity index (χ3n) is 5.20. The van der Waals surface area contributed by atoms with Gasteiger partial charge in [-0.15, -0.1) is 0 Å². The van der Waals surface area contributed by atoms with Gasteiger partial charge in [-0.3, -0.25) is 4.79 Å². The number of halogens is 1. The Bertz CT molecular complexity index is 1390. The number of ketones is 1. The van der Waals surface area contributed by atoms with E-state index in [-0.39, 0.29) is 11.6 Å². The van der Waals surface area contributed by atoms with Gasteiger partial charge in [-0.25, -0.2) is 9.37 Å². The van der Waals surface area contributed by atoms with Gasteiger partial charge in [0.05, 0.1) is 5.56 Å². The number of carbonyl (C=O) groups is 1. The second kappa shape index (κ2) is 7.95. The Morgan fingerprint density at radius 1 is 0.903 bits per heavy atom. The summed E-state index contributed by atoms with van der Waals surface area (Å²) in [6.45, 7) is 0.597. The van der Waals surface area contributed by atoms with Crippen molar-refractivity contribution in [2.24, 2.45) is 0 Å². The minimum atomic E-state index is -0.311. The molecule has 2 aromatic heterocycles. The van der Waals surface area contributed by atoms with Crippen LogP contribution in [0.3, 0.4) is 0 Å². The summed E-state index contributed by atoms with van der Waals surface area (Å²) in [7, 11) is 0. The van der Waals surface area contributed by atoms with Crippen LogP contribution in [0, 0.1) is 5.82 Å². The van der Waals surface area contributed by atoms with E-state index in [1.807, 2.05) is 77.6 Å². The Labute approximate surface area is 178 Å². The predicted molar refractivity (Wildman–Crippen MR) is 117 cm³/mol. The second-order valence-corrected chi connectivity index (χ2v) is 7.38. The van der Waals surface area contributed by atoms with E-state index in [2.05, 4.69) is 9.97 Å². The van der Waals surface area contributed by atoms with Crippen molar-refractivity contribution >= 4 is 16.8 Å². The van der Waals surface area contributed by atoms with Crippen molar-refractivity contribution in [3.05, 3.63) is 120 Å². The molecular weight excluding hydrogens is 389 g/mol. The van der Waals surface area contributed by atoms with Gasteiger partial charge in [-0.1, -0.05) is 60.7 Å². The lowest BCUT2D eigenvalue weighted by Crippen LogP contribution is -2.33. The van der Waals surface area contributed by atoms with E-state index in [1.54, 1.807) is 18.2 Å². The van der Waals surface area contributed by atoms with E-state index >= 15 is 0 Å². The minimum absolute atomic E-state index is 0.00556. The molecule has 0 saturated heterocycles. The fourth-order valence-electron chi connectivity index (χ4n) is 3.66. The van der Waals surface area contributed by atoms with E-state index < -0.39 is 0 Å². The molecule has 0 aliphatic rings. The maximum absolute atomic E-state index is 14.1. The number of imidazole rings is 1.